The number of hydrogen-bond donors (Lipinski definition) is 0. The van der Waals surface area contributed by atoms with Gasteiger partial charge in [-0.05, 0) is 51.2 Å². The van der Waals surface area contributed by atoms with E-state index in [0.717, 1.165) is 50.5 Å². The Morgan fingerprint density at radius 1 is 1.04 bits per heavy atom. The molecule has 0 bridgehead atoms. The van der Waals surface area contributed by atoms with Crippen LogP contribution in [0.2, 0.25) is 0 Å². The highest BCUT2D eigenvalue weighted by Crippen LogP contribution is 2.33. The molecule has 4 heteroatoms. The van der Waals surface area contributed by atoms with Crippen LogP contribution in [0.25, 0.3) is 0 Å². The highest BCUT2D eigenvalue weighted by atomic mass is 32.2. The second-order valence-corrected chi connectivity index (χ2v) is 9.37. The molecule has 2 rings (SSSR count). The maximum absolute atomic E-state index is 13.4. The normalized spacial score (nSPS) is 22.1. The summed E-state index contributed by atoms with van der Waals surface area (Å²) >= 11 is 0. The minimum absolute atomic E-state index is 0.0875. The fraction of sp³-hybridized carbons (Fsp3) is 0.636. The zero-order valence-electron chi connectivity index (χ0n) is 16.7. The lowest BCUT2D eigenvalue weighted by molar-refractivity contribution is 0.171. The Hall–Kier alpha value is -1.13. The van der Waals surface area contributed by atoms with Gasteiger partial charge in [0.2, 0.25) is 10.0 Å². The van der Waals surface area contributed by atoms with Crippen LogP contribution in [0.4, 0.5) is 0 Å². The van der Waals surface area contributed by atoms with Gasteiger partial charge in [0.15, 0.2) is 0 Å². The molecule has 2 unspecified atom stereocenters. The van der Waals surface area contributed by atoms with E-state index in [1.807, 2.05) is 23.4 Å². The van der Waals surface area contributed by atoms with Gasteiger partial charge in [-0.15, -0.1) is 0 Å². The van der Waals surface area contributed by atoms with Crippen LogP contribution in [0, 0.1) is 6.92 Å². The number of rotatable bonds is 9. The fourth-order valence-electron chi connectivity index (χ4n) is 3.89. The molecule has 2 atom stereocenters. The van der Waals surface area contributed by atoms with Crippen LogP contribution in [0.15, 0.2) is 41.3 Å². The second-order valence-electron chi connectivity index (χ2n) is 7.52. The summed E-state index contributed by atoms with van der Waals surface area (Å²) in [7, 11) is -3.45. The van der Waals surface area contributed by atoms with Crippen LogP contribution in [-0.2, 0) is 10.0 Å². The Morgan fingerprint density at radius 2 is 1.73 bits per heavy atom. The van der Waals surface area contributed by atoms with Crippen molar-refractivity contribution in [1.29, 1.82) is 0 Å². The molecule has 26 heavy (non-hydrogen) atoms. The summed E-state index contributed by atoms with van der Waals surface area (Å²) in [5.74, 6) is 0. The van der Waals surface area contributed by atoms with Crippen molar-refractivity contribution < 1.29 is 8.42 Å². The molecule has 0 saturated carbocycles. The molecule has 1 heterocycles. The van der Waals surface area contributed by atoms with Gasteiger partial charge in [-0.25, -0.2) is 8.42 Å². The SMILES string of the molecule is CCCCC=CCC1CCCC(CCC)N1S(=O)(=O)c1ccc(C)cc1. The Morgan fingerprint density at radius 3 is 2.38 bits per heavy atom. The molecular formula is C22H35NO2S. The van der Waals surface area contributed by atoms with Crippen LogP contribution in [-0.4, -0.2) is 24.8 Å². The molecule has 0 amide bonds. The minimum Gasteiger partial charge on any atom is -0.207 e. The topological polar surface area (TPSA) is 37.4 Å². The molecule has 1 fully saturated rings. The van der Waals surface area contributed by atoms with Crippen molar-refractivity contribution in [2.75, 3.05) is 0 Å². The molecule has 1 aromatic carbocycles. The largest absolute Gasteiger partial charge is 0.243 e. The van der Waals surface area contributed by atoms with Crippen molar-refractivity contribution in [3.05, 3.63) is 42.0 Å². The van der Waals surface area contributed by atoms with Crippen molar-refractivity contribution >= 4 is 10.0 Å². The standard InChI is InChI=1S/C22H35NO2S/c1-4-6-7-8-9-12-21-14-10-13-20(11-5-2)23(21)26(24,25)22-17-15-19(3)16-18-22/h8-9,15-18,20-21H,4-7,10-14H2,1-3H3. The number of aryl methyl sites for hydroxylation is 1. The lowest BCUT2D eigenvalue weighted by atomic mass is 9.94. The smallest absolute Gasteiger partial charge is 0.207 e. The number of benzene rings is 1. The highest BCUT2D eigenvalue weighted by molar-refractivity contribution is 7.89. The van der Waals surface area contributed by atoms with Crippen LogP contribution < -0.4 is 0 Å². The summed E-state index contributed by atoms with van der Waals surface area (Å²) in [6, 6.07) is 7.53. The Labute approximate surface area is 160 Å². The van der Waals surface area contributed by atoms with Gasteiger partial charge in [-0.2, -0.15) is 4.31 Å². The highest BCUT2D eigenvalue weighted by Gasteiger charge is 2.38. The maximum atomic E-state index is 13.4. The Balaban J connectivity index is 2.25. The third kappa shape index (κ3) is 5.43. The van der Waals surface area contributed by atoms with Gasteiger partial charge in [0, 0.05) is 12.1 Å². The molecular weight excluding hydrogens is 342 g/mol. The van der Waals surface area contributed by atoms with Crippen LogP contribution in [0.3, 0.4) is 0 Å². The number of sulfonamides is 1. The number of unbranched alkanes of at least 4 members (excludes halogenated alkanes) is 2. The van der Waals surface area contributed by atoms with Crippen molar-refractivity contribution in [1.82, 2.24) is 4.31 Å². The average Bonchev–Trinajstić information content (AvgIpc) is 2.62. The number of hydrogen-bond acceptors (Lipinski definition) is 2. The van der Waals surface area contributed by atoms with E-state index in [1.165, 1.54) is 12.8 Å². The summed E-state index contributed by atoms with van der Waals surface area (Å²) < 4.78 is 28.7. The maximum Gasteiger partial charge on any atom is 0.243 e. The van der Waals surface area contributed by atoms with Crippen molar-refractivity contribution in [3.63, 3.8) is 0 Å². The quantitative estimate of drug-likeness (QED) is 0.400. The van der Waals surface area contributed by atoms with E-state index in [4.69, 9.17) is 0 Å². The second kappa shape index (κ2) is 10.3. The Bertz CT molecular complexity index is 662. The van der Waals surface area contributed by atoms with Crippen LogP contribution >= 0.6 is 0 Å². The van der Waals surface area contributed by atoms with E-state index in [2.05, 4.69) is 26.0 Å². The van der Waals surface area contributed by atoms with Crippen molar-refractivity contribution in [2.24, 2.45) is 0 Å². The molecule has 146 valence electrons. The van der Waals surface area contributed by atoms with Crippen molar-refractivity contribution in [3.8, 4) is 0 Å². The predicted molar refractivity (Wildman–Crippen MR) is 110 cm³/mol. The molecule has 1 saturated heterocycles. The molecule has 1 aliphatic heterocycles. The summed E-state index contributed by atoms with van der Waals surface area (Å²) in [5, 5.41) is 0. The van der Waals surface area contributed by atoms with E-state index < -0.39 is 10.0 Å². The Kier molecular flexibility index (Phi) is 8.36. The minimum atomic E-state index is -3.45. The van der Waals surface area contributed by atoms with E-state index in [1.54, 1.807) is 12.1 Å². The van der Waals surface area contributed by atoms with Gasteiger partial charge in [-0.3, -0.25) is 0 Å². The van der Waals surface area contributed by atoms with E-state index in [-0.39, 0.29) is 12.1 Å². The third-order valence-electron chi connectivity index (χ3n) is 5.31. The first-order chi connectivity index (χ1) is 12.5. The first-order valence-electron chi connectivity index (χ1n) is 10.3. The molecule has 0 aromatic heterocycles. The lowest BCUT2D eigenvalue weighted by Gasteiger charge is -2.41. The average molecular weight is 378 g/mol. The summed E-state index contributed by atoms with van der Waals surface area (Å²) in [6.07, 6.45) is 13.8. The molecule has 1 aromatic rings. The molecule has 0 radical (unpaired) electrons. The first-order valence-corrected chi connectivity index (χ1v) is 11.7. The van der Waals surface area contributed by atoms with Gasteiger partial charge in [-0.1, -0.05) is 69.4 Å². The van der Waals surface area contributed by atoms with E-state index in [0.29, 0.717) is 4.90 Å². The molecule has 0 spiro atoms. The number of piperidine rings is 1. The van der Waals surface area contributed by atoms with Crippen LogP contribution in [0.1, 0.15) is 77.2 Å². The van der Waals surface area contributed by atoms with Gasteiger partial charge in [0.05, 0.1) is 4.90 Å². The molecule has 0 N–H and O–H groups in total. The van der Waals surface area contributed by atoms with E-state index >= 15 is 0 Å². The fourth-order valence-corrected chi connectivity index (χ4v) is 5.80. The summed E-state index contributed by atoms with van der Waals surface area (Å²) in [4.78, 5) is 0.436. The van der Waals surface area contributed by atoms with Gasteiger partial charge >= 0.3 is 0 Å². The van der Waals surface area contributed by atoms with E-state index in [9.17, 15) is 8.42 Å². The van der Waals surface area contributed by atoms with Gasteiger partial charge in [0.25, 0.3) is 0 Å². The monoisotopic (exact) mass is 377 g/mol. The van der Waals surface area contributed by atoms with Gasteiger partial charge in [0.1, 0.15) is 0 Å². The number of allylic oxidation sites excluding steroid dienone is 1. The van der Waals surface area contributed by atoms with Crippen LogP contribution in [0.5, 0.6) is 0 Å². The summed E-state index contributed by atoms with van der Waals surface area (Å²) in [6.45, 7) is 6.33. The molecule has 0 aliphatic carbocycles. The summed E-state index contributed by atoms with van der Waals surface area (Å²) in [5.41, 5.74) is 1.09. The molecule has 1 aliphatic rings. The van der Waals surface area contributed by atoms with Gasteiger partial charge < -0.3 is 0 Å². The number of nitrogens with zero attached hydrogens (tertiary/aromatic N) is 1. The molecule has 3 nitrogen and oxygen atoms in total. The predicted octanol–water partition coefficient (Wildman–Crippen LogP) is 5.84. The first kappa shape index (κ1) is 21.2. The zero-order valence-corrected chi connectivity index (χ0v) is 17.5. The third-order valence-corrected chi connectivity index (χ3v) is 7.33. The lowest BCUT2D eigenvalue weighted by Crippen LogP contribution is -2.49. The van der Waals surface area contributed by atoms with Crippen molar-refractivity contribution in [2.45, 2.75) is 95.5 Å². The zero-order chi connectivity index (χ0) is 19.0.